The highest BCUT2D eigenvalue weighted by molar-refractivity contribution is 6.07. The predicted octanol–water partition coefficient (Wildman–Crippen LogP) is 7.47. The van der Waals surface area contributed by atoms with E-state index < -0.39 is 0 Å². The van der Waals surface area contributed by atoms with Gasteiger partial charge in [-0.2, -0.15) is 0 Å². The minimum atomic E-state index is -0.00785. The van der Waals surface area contributed by atoms with Gasteiger partial charge >= 0.3 is 0 Å². The van der Waals surface area contributed by atoms with E-state index in [1.54, 1.807) is 0 Å². The highest BCUT2D eigenvalue weighted by atomic mass is 16.1. The molecule has 3 aromatic rings. The van der Waals surface area contributed by atoms with Gasteiger partial charge in [-0.05, 0) is 25.5 Å². The Kier molecular flexibility index (Phi) is 9.08. The molecule has 0 aliphatic heterocycles. The summed E-state index contributed by atoms with van der Waals surface area (Å²) in [6.07, 6.45) is 11.5. The third-order valence-electron chi connectivity index (χ3n) is 5.87. The summed E-state index contributed by atoms with van der Waals surface area (Å²) >= 11 is 0. The molecule has 3 heteroatoms. The molecular weight excluding hydrogens is 380 g/mol. The van der Waals surface area contributed by atoms with Crippen molar-refractivity contribution < 1.29 is 4.79 Å². The number of carbonyl (C=O) groups excluding carboxylic acids is 1. The highest BCUT2D eigenvalue weighted by Crippen LogP contribution is 2.25. The van der Waals surface area contributed by atoms with Gasteiger partial charge in [0.15, 0.2) is 0 Å². The molecule has 3 rings (SSSR count). The number of hydrogen-bond acceptors (Lipinski definition) is 2. The lowest BCUT2D eigenvalue weighted by Gasteiger charge is -2.11. The molecule has 1 aromatic heterocycles. The number of rotatable bonds is 12. The van der Waals surface area contributed by atoms with Crippen LogP contribution in [0.2, 0.25) is 0 Å². The quantitative estimate of drug-likeness (QED) is 0.311. The summed E-state index contributed by atoms with van der Waals surface area (Å²) in [6.45, 7) is 5.06. The summed E-state index contributed by atoms with van der Waals surface area (Å²) in [4.78, 5) is 17.8. The van der Waals surface area contributed by atoms with Crippen molar-refractivity contribution in [3.8, 4) is 11.3 Å². The number of hydrogen-bond donors (Lipinski definition) is 1. The van der Waals surface area contributed by atoms with Crippen molar-refractivity contribution in [1.29, 1.82) is 0 Å². The number of carbonyl (C=O) groups is 1. The van der Waals surface area contributed by atoms with Gasteiger partial charge in [0.2, 0.25) is 0 Å². The second kappa shape index (κ2) is 12.2. The molecule has 2 aromatic carbocycles. The minimum absolute atomic E-state index is 0.00785. The van der Waals surface area contributed by atoms with E-state index in [0.29, 0.717) is 5.56 Å². The van der Waals surface area contributed by atoms with E-state index in [0.717, 1.165) is 35.1 Å². The first-order chi connectivity index (χ1) is 15.2. The number of fused-ring (bicyclic) bond motifs is 1. The van der Waals surface area contributed by atoms with Crippen molar-refractivity contribution in [3.63, 3.8) is 0 Å². The van der Waals surface area contributed by atoms with E-state index in [1.165, 1.54) is 56.9 Å². The molecule has 164 valence electrons. The van der Waals surface area contributed by atoms with Gasteiger partial charge in [-0.15, -0.1) is 0 Å². The molecule has 3 nitrogen and oxygen atoms in total. The highest BCUT2D eigenvalue weighted by Gasteiger charge is 2.13. The maximum Gasteiger partial charge on any atom is 0.252 e. The Bertz CT molecular complexity index is 962. The van der Waals surface area contributed by atoms with E-state index in [9.17, 15) is 4.79 Å². The van der Waals surface area contributed by atoms with Crippen molar-refractivity contribution in [3.05, 3.63) is 65.7 Å². The third-order valence-corrected chi connectivity index (χ3v) is 5.87. The average molecular weight is 417 g/mol. The molecule has 0 spiro atoms. The summed E-state index contributed by atoms with van der Waals surface area (Å²) in [5.74, 6) is -0.00785. The van der Waals surface area contributed by atoms with Crippen LogP contribution in [0.4, 0.5) is 0 Å². The number of unbranched alkanes of at least 4 members (excludes halogenated alkanes) is 8. The van der Waals surface area contributed by atoms with Crippen LogP contribution >= 0.6 is 0 Å². The molecule has 0 bridgehead atoms. The second-order valence-electron chi connectivity index (χ2n) is 8.52. The lowest BCUT2D eigenvalue weighted by atomic mass is 10.0. The topological polar surface area (TPSA) is 42.0 Å². The number of nitrogens with one attached hydrogen (secondary N) is 1. The van der Waals surface area contributed by atoms with E-state index in [2.05, 4.69) is 43.4 Å². The maximum absolute atomic E-state index is 13.0. The van der Waals surface area contributed by atoms with Gasteiger partial charge in [-0.25, -0.2) is 4.98 Å². The molecule has 0 saturated heterocycles. The normalized spacial score (nSPS) is 11.0. The van der Waals surface area contributed by atoms with Gasteiger partial charge < -0.3 is 5.32 Å². The Morgan fingerprint density at radius 1 is 0.839 bits per heavy atom. The van der Waals surface area contributed by atoms with E-state index in [-0.39, 0.29) is 5.91 Å². The SMILES string of the molecule is CCCCCCCCCCCNC(=O)c1cc(-c2ccc(C)cc2)nc2ccccc12. The number of amides is 1. The van der Waals surface area contributed by atoms with Crippen LogP contribution in [0.3, 0.4) is 0 Å². The zero-order valence-corrected chi connectivity index (χ0v) is 19.1. The number of para-hydroxylation sites is 1. The molecule has 31 heavy (non-hydrogen) atoms. The fourth-order valence-corrected chi connectivity index (χ4v) is 3.97. The largest absolute Gasteiger partial charge is 0.352 e. The smallest absolute Gasteiger partial charge is 0.252 e. The lowest BCUT2D eigenvalue weighted by molar-refractivity contribution is 0.0954. The summed E-state index contributed by atoms with van der Waals surface area (Å²) in [5.41, 5.74) is 4.64. The first-order valence-electron chi connectivity index (χ1n) is 11.9. The molecule has 0 atom stereocenters. The average Bonchev–Trinajstić information content (AvgIpc) is 2.80. The first-order valence-corrected chi connectivity index (χ1v) is 11.9. The molecule has 0 fully saturated rings. The zero-order chi connectivity index (χ0) is 21.9. The van der Waals surface area contributed by atoms with Gasteiger partial charge in [0.1, 0.15) is 0 Å². The van der Waals surface area contributed by atoms with Crippen LogP contribution in [0.15, 0.2) is 54.6 Å². The predicted molar refractivity (Wildman–Crippen MR) is 131 cm³/mol. The van der Waals surface area contributed by atoms with Gasteiger partial charge in [-0.3, -0.25) is 4.79 Å². The molecular formula is C28H36N2O. The van der Waals surface area contributed by atoms with Crippen LogP contribution in [0.1, 0.15) is 80.6 Å². The summed E-state index contributed by atoms with van der Waals surface area (Å²) in [6, 6.07) is 18.1. The number of aromatic nitrogens is 1. The third kappa shape index (κ3) is 6.92. The molecule has 1 amide bonds. The van der Waals surface area contributed by atoms with Gasteiger partial charge in [0, 0.05) is 17.5 Å². The van der Waals surface area contributed by atoms with Gasteiger partial charge in [0.25, 0.3) is 5.91 Å². The molecule has 1 N–H and O–H groups in total. The van der Waals surface area contributed by atoms with Gasteiger partial charge in [-0.1, -0.05) is 106 Å². The minimum Gasteiger partial charge on any atom is -0.352 e. The Morgan fingerprint density at radius 2 is 1.48 bits per heavy atom. The molecule has 0 aliphatic carbocycles. The van der Waals surface area contributed by atoms with Crippen molar-refractivity contribution in [2.75, 3.05) is 6.54 Å². The molecule has 1 heterocycles. The first kappa shape index (κ1) is 23.0. The number of benzene rings is 2. The van der Waals surface area contributed by atoms with Crippen molar-refractivity contribution >= 4 is 16.8 Å². The Morgan fingerprint density at radius 3 is 2.19 bits per heavy atom. The second-order valence-corrected chi connectivity index (χ2v) is 8.52. The van der Waals surface area contributed by atoms with E-state index in [4.69, 9.17) is 4.98 Å². The van der Waals surface area contributed by atoms with Crippen LogP contribution in [-0.4, -0.2) is 17.4 Å². The Balaban J connectivity index is 1.57. The number of pyridine rings is 1. The monoisotopic (exact) mass is 416 g/mol. The zero-order valence-electron chi connectivity index (χ0n) is 19.1. The lowest BCUT2D eigenvalue weighted by Crippen LogP contribution is -2.24. The van der Waals surface area contributed by atoms with Crippen LogP contribution in [0.5, 0.6) is 0 Å². The van der Waals surface area contributed by atoms with Crippen LogP contribution in [-0.2, 0) is 0 Å². The number of nitrogens with zero attached hydrogens (tertiary/aromatic N) is 1. The summed E-state index contributed by atoms with van der Waals surface area (Å²) in [5, 5.41) is 4.04. The standard InChI is InChI=1S/C28H36N2O/c1-3-4-5-6-7-8-9-10-13-20-29-28(31)25-21-27(23-18-16-22(2)17-19-23)30-26-15-12-11-14-24(25)26/h11-12,14-19,21H,3-10,13,20H2,1-2H3,(H,29,31). The maximum atomic E-state index is 13.0. The van der Waals surface area contributed by atoms with Crippen molar-refractivity contribution in [2.45, 2.75) is 71.6 Å². The fourth-order valence-electron chi connectivity index (χ4n) is 3.97. The van der Waals surface area contributed by atoms with Crippen molar-refractivity contribution in [1.82, 2.24) is 10.3 Å². The van der Waals surface area contributed by atoms with E-state index >= 15 is 0 Å². The van der Waals surface area contributed by atoms with Gasteiger partial charge in [0.05, 0.1) is 16.8 Å². The van der Waals surface area contributed by atoms with E-state index in [1.807, 2.05) is 30.3 Å². The Hall–Kier alpha value is -2.68. The fraction of sp³-hybridized carbons (Fsp3) is 0.429. The molecule has 0 saturated carbocycles. The summed E-state index contributed by atoms with van der Waals surface area (Å²) in [7, 11) is 0. The summed E-state index contributed by atoms with van der Waals surface area (Å²) < 4.78 is 0. The van der Waals surface area contributed by atoms with Crippen molar-refractivity contribution in [2.24, 2.45) is 0 Å². The molecule has 0 unspecified atom stereocenters. The van der Waals surface area contributed by atoms with Crippen LogP contribution < -0.4 is 5.32 Å². The molecule has 0 radical (unpaired) electrons. The number of aryl methyl sites for hydroxylation is 1. The Labute approximate surface area is 187 Å². The van der Waals surface area contributed by atoms with Crippen LogP contribution in [0, 0.1) is 6.92 Å². The molecule has 0 aliphatic rings. The van der Waals surface area contributed by atoms with Crippen LogP contribution in [0.25, 0.3) is 22.2 Å².